The van der Waals surface area contributed by atoms with E-state index in [1.807, 2.05) is 6.92 Å². The largest absolute Gasteiger partial charge is 0.419 e. The predicted octanol–water partition coefficient (Wildman–Crippen LogP) is 0.836. The van der Waals surface area contributed by atoms with Gasteiger partial charge in [0, 0.05) is 18.8 Å². The van der Waals surface area contributed by atoms with Crippen molar-refractivity contribution in [3.05, 3.63) is 23.0 Å². The van der Waals surface area contributed by atoms with Crippen molar-refractivity contribution < 1.29 is 4.74 Å². The Bertz CT molecular complexity index is 567. The number of nitrogens with zero attached hydrogens (tertiary/aromatic N) is 3. The Morgan fingerprint density at radius 3 is 2.76 bits per heavy atom. The molecule has 7 nitrogen and oxygen atoms in total. The zero-order chi connectivity index (χ0) is 12.6. The molecule has 4 N–H and O–H groups in total. The van der Waals surface area contributed by atoms with Crippen LogP contribution in [-0.4, -0.2) is 25.8 Å². The number of aryl methyl sites for hydroxylation is 3. The monoisotopic (exact) mass is 234 g/mol. The second-order valence-corrected chi connectivity index (χ2v) is 3.79. The van der Waals surface area contributed by atoms with Gasteiger partial charge in [0.15, 0.2) is 0 Å². The molecule has 90 valence electrons. The van der Waals surface area contributed by atoms with Crippen LogP contribution in [0.2, 0.25) is 0 Å². The first-order valence-corrected chi connectivity index (χ1v) is 5.07. The molecule has 0 aromatic carbocycles. The minimum absolute atomic E-state index is 0.0714. The van der Waals surface area contributed by atoms with Gasteiger partial charge in [0.2, 0.25) is 11.8 Å². The average molecular weight is 234 g/mol. The number of rotatable bonds is 3. The number of nitrogens with two attached hydrogens (primary N) is 1. The Hall–Kier alpha value is -2.31. The van der Waals surface area contributed by atoms with E-state index in [1.165, 1.54) is 4.68 Å². The molecule has 0 aliphatic rings. The molecule has 0 radical (unpaired) electrons. The first-order chi connectivity index (χ1) is 7.99. The van der Waals surface area contributed by atoms with Gasteiger partial charge in [-0.15, -0.1) is 5.10 Å². The molecule has 0 aliphatic carbocycles. The first kappa shape index (κ1) is 11.2. The van der Waals surface area contributed by atoms with Crippen LogP contribution in [0.4, 0.5) is 0 Å². The van der Waals surface area contributed by atoms with Gasteiger partial charge in [-0.3, -0.25) is 10.5 Å². The van der Waals surface area contributed by atoms with E-state index < -0.39 is 0 Å². The van der Waals surface area contributed by atoms with E-state index in [0.717, 1.165) is 5.69 Å². The minimum atomic E-state index is -0.0714. The summed E-state index contributed by atoms with van der Waals surface area (Å²) in [7, 11) is 1.73. The Labute approximate surface area is 98.1 Å². The highest BCUT2D eigenvalue weighted by Gasteiger charge is 2.18. The molecule has 7 heteroatoms. The summed E-state index contributed by atoms with van der Waals surface area (Å²) >= 11 is 0. The lowest BCUT2D eigenvalue weighted by Crippen LogP contribution is -2.13. The summed E-state index contributed by atoms with van der Waals surface area (Å²) in [5, 5.41) is 18.4. The molecule has 2 heterocycles. The lowest BCUT2D eigenvalue weighted by atomic mass is 10.2. The van der Waals surface area contributed by atoms with Gasteiger partial charge in [-0.25, -0.2) is 4.68 Å². The summed E-state index contributed by atoms with van der Waals surface area (Å²) in [5.74, 6) is 0.771. The van der Waals surface area contributed by atoms with Crippen LogP contribution in [0.3, 0.4) is 0 Å². The zero-order valence-electron chi connectivity index (χ0n) is 9.90. The maximum atomic E-state index is 7.52. The Kier molecular flexibility index (Phi) is 2.58. The highest BCUT2D eigenvalue weighted by atomic mass is 16.5. The molecule has 0 saturated carbocycles. The molecule has 0 aliphatic heterocycles. The molecule has 0 spiro atoms. The van der Waals surface area contributed by atoms with Crippen LogP contribution in [0, 0.1) is 19.3 Å². The fraction of sp³-hybridized carbons (Fsp3) is 0.300. The minimum Gasteiger partial charge on any atom is -0.419 e. The molecule has 0 fully saturated rings. The number of ether oxygens (including phenoxy) is 1. The number of hydrogen-bond acceptors (Lipinski definition) is 4. The van der Waals surface area contributed by atoms with Gasteiger partial charge in [0.1, 0.15) is 11.4 Å². The normalized spacial score (nSPS) is 10.5. The maximum absolute atomic E-state index is 7.52. The number of hydrogen-bond donors (Lipinski definition) is 3. The van der Waals surface area contributed by atoms with Crippen LogP contribution >= 0.6 is 0 Å². The lowest BCUT2D eigenvalue weighted by molar-refractivity contribution is 0.414. The number of nitrogen functional groups attached to an aromatic ring is 1. The van der Waals surface area contributed by atoms with Crippen LogP contribution in [0.1, 0.15) is 17.0 Å². The quantitative estimate of drug-likeness (QED) is 0.540. The molecule has 0 atom stereocenters. The zero-order valence-corrected chi connectivity index (χ0v) is 9.90. The number of nitrogens with one attached hydrogen (secondary N) is 2. The maximum Gasteiger partial charge on any atom is 0.240 e. The smallest absolute Gasteiger partial charge is 0.240 e. The van der Waals surface area contributed by atoms with Gasteiger partial charge in [0.05, 0.1) is 5.69 Å². The fourth-order valence-electron chi connectivity index (χ4n) is 1.61. The molecule has 2 aromatic rings. The van der Waals surface area contributed by atoms with Crippen molar-refractivity contribution in [3.63, 3.8) is 0 Å². The highest BCUT2D eigenvalue weighted by molar-refractivity contribution is 5.98. The summed E-state index contributed by atoms with van der Waals surface area (Å²) in [6.07, 6.45) is 0. The summed E-state index contributed by atoms with van der Waals surface area (Å²) in [5.41, 5.74) is 7.55. The number of H-pyrrole nitrogens is 1. The van der Waals surface area contributed by atoms with Crippen LogP contribution in [0.5, 0.6) is 11.8 Å². The van der Waals surface area contributed by atoms with E-state index in [9.17, 15) is 0 Å². The number of amidine groups is 1. The van der Waals surface area contributed by atoms with Crippen LogP contribution in [0.25, 0.3) is 0 Å². The Morgan fingerprint density at radius 1 is 1.53 bits per heavy atom. The average Bonchev–Trinajstić information content (AvgIpc) is 2.72. The van der Waals surface area contributed by atoms with Crippen LogP contribution < -0.4 is 10.5 Å². The van der Waals surface area contributed by atoms with Crippen molar-refractivity contribution in [1.82, 2.24) is 20.0 Å². The second kappa shape index (κ2) is 3.93. The van der Waals surface area contributed by atoms with E-state index in [-0.39, 0.29) is 5.84 Å². The third-order valence-corrected chi connectivity index (χ3v) is 2.32. The molecule has 0 amide bonds. The second-order valence-electron chi connectivity index (χ2n) is 3.79. The molecule has 17 heavy (non-hydrogen) atoms. The van der Waals surface area contributed by atoms with Crippen LogP contribution in [-0.2, 0) is 7.05 Å². The standard InChI is InChI=1S/C10H14N6O/c1-5-4-7(14-13-5)17-10-8(9(11)12)6(2)15-16(10)3/h4H,1-3H3,(H3,11,12)(H,13,14). The van der Waals surface area contributed by atoms with Gasteiger partial charge < -0.3 is 10.5 Å². The Balaban J connectivity index is 2.41. The summed E-state index contributed by atoms with van der Waals surface area (Å²) in [6.45, 7) is 3.65. The summed E-state index contributed by atoms with van der Waals surface area (Å²) in [4.78, 5) is 0. The lowest BCUT2D eigenvalue weighted by Gasteiger charge is -2.04. The highest BCUT2D eigenvalue weighted by Crippen LogP contribution is 2.25. The molecule has 0 unspecified atom stereocenters. The molecule has 0 saturated heterocycles. The SMILES string of the molecule is Cc1cc(Oc2c(C(=N)N)c(C)nn2C)n[nH]1. The van der Waals surface area contributed by atoms with Crippen molar-refractivity contribution in [2.75, 3.05) is 0 Å². The summed E-state index contributed by atoms with van der Waals surface area (Å²) < 4.78 is 7.12. The fourth-order valence-corrected chi connectivity index (χ4v) is 1.61. The van der Waals surface area contributed by atoms with Gasteiger partial charge in [0.25, 0.3) is 0 Å². The van der Waals surface area contributed by atoms with E-state index in [1.54, 1.807) is 20.0 Å². The third-order valence-electron chi connectivity index (χ3n) is 2.32. The van der Waals surface area contributed by atoms with Crippen molar-refractivity contribution in [1.29, 1.82) is 5.41 Å². The van der Waals surface area contributed by atoms with Gasteiger partial charge in [-0.2, -0.15) is 5.10 Å². The van der Waals surface area contributed by atoms with Crippen molar-refractivity contribution >= 4 is 5.84 Å². The van der Waals surface area contributed by atoms with Crippen molar-refractivity contribution in [2.24, 2.45) is 12.8 Å². The van der Waals surface area contributed by atoms with Crippen molar-refractivity contribution in [2.45, 2.75) is 13.8 Å². The van der Waals surface area contributed by atoms with E-state index in [2.05, 4.69) is 15.3 Å². The van der Waals surface area contributed by atoms with Gasteiger partial charge >= 0.3 is 0 Å². The predicted molar refractivity (Wildman–Crippen MR) is 62.4 cm³/mol. The van der Waals surface area contributed by atoms with E-state index >= 15 is 0 Å². The van der Waals surface area contributed by atoms with Crippen LogP contribution in [0.15, 0.2) is 6.07 Å². The third kappa shape index (κ3) is 1.99. The van der Waals surface area contributed by atoms with Crippen molar-refractivity contribution in [3.8, 4) is 11.8 Å². The molecular formula is C10H14N6O. The molecule has 2 rings (SSSR count). The number of aromatic nitrogens is 4. The topological polar surface area (TPSA) is 106 Å². The first-order valence-electron chi connectivity index (χ1n) is 5.07. The summed E-state index contributed by atoms with van der Waals surface area (Å²) in [6, 6.07) is 1.76. The molecule has 0 bridgehead atoms. The Morgan fingerprint density at radius 2 is 2.24 bits per heavy atom. The molecular weight excluding hydrogens is 220 g/mol. The van der Waals surface area contributed by atoms with E-state index in [0.29, 0.717) is 23.0 Å². The number of aromatic amines is 1. The molecule has 2 aromatic heterocycles. The van der Waals surface area contributed by atoms with Gasteiger partial charge in [-0.05, 0) is 13.8 Å². The van der Waals surface area contributed by atoms with E-state index in [4.69, 9.17) is 15.9 Å². The van der Waals surface area contributed by atoms with Gasteiger partial charge in [-0.1, -0.05) is 0 Å².